The van der Waals surface area contributed by atoms with E-state index in [0.29, 0.717) is 11.1 Å². The number of hydrogen-bond acceptors (Lipinski definition) is 3. The molecule has 2 aromatic carbocycles. The van der Waals surface area contributed by atoms with Gasteiger partial charge >= 0.3 is 11.9 Å². The summed E-state index contributed by atoms with van der Waals surface area (Å²) in [5, 5.41) is 2.60. The Morgan fingerprint density at radius 2 is 1.73 bits per heavy atom. The molecule has 33 heavy (non-hydrogen) atoms. The summed E-state index contributed by atoms with van der Waals surface area (Å²) < 4.78 is 41.3. The van der Waals surface area contributed by atoms with Gasteiger partial charge in [0.05, 0.1) is 33.0 Å². The molecule has 0 aliphatic carbocycles. The summed E-state index contributed by atoms with van der Waals surface area (Å²) in [7, 11) is 1.49. The third-order valence-electron chi connectivity index (χ3n) is 4.89. The molecule has 1 amide bonds. The van der Waals surface area contributed by atoms with Crippen molar-refractivity contribution in [3.63, 3.8) is 0 Å². The minimum absolute atomic E-state index is 0.00448. The van der Waals surface area contributed by atoms with Crippen LogP contribution in [0.15, 0.2) is 58.3 Å². The number of alkyl halides is 3. The highest BCUT2D eigenvalue weighted by Crippen LogP contribution is 2.34. The van der Waals surface area contributed by atoms with Crippen molar-refractivity contribution in [3.05, 3.63) is 90.7 Å². The van der Waals surface area contributed by atoms with Gasteiger partial charge in [0, 0.05) is 18.3 Å². The molecule has 0 saturated heterocycles. The lowest BCUT2D eigenvalue weighted by atomic mass is 10.2. The molecule has 0 atom stereocenters. The van der Waals surface area contributed by atoms with Crippen molar-refractivity contribution in [3.8, 4) is 5.69 Å². The van der Waals surface area contributed by atoms with Crippen LogP contribution in [-0.4, -0.2) is 20.0 Å². The van der Waals surface area contributed by atoms with Crippen LogP contribution in [0.5, 0.6) is 0 Å². The van der Waals surface area contributed by atoms with Crippen molar-refractivity contribution in [1.29, 1.82) is 0 Å². The highest BCUT2D eigenvalue weighted by Gasteiger charge is 2.31. The average Bonchev–Trinajstić information content (AvgIpc) is 3.06. The third kappa shape index (κ3) is 4.14. The number of halogens is 5. The molecule has 12 heteroatoms. The number of fused-ring (bicyclic) bond motifs is 1. The number of rotatable bonds is 3. The molecule has 0 radical (unpaired) electrons. The Hall–Kier alpha value is -3.50. The number of H-pyrrole nitrogens is 1. The van der Waals surface area contributed by atoms with E-state index in [-0.39, 0.29) is 33.0 Å². The van der Waals surface area contributed by atoms with Gasteiger partial charge in [0.15, 0.2) is 0 Å². The zero-order chi connectivity index (χ0) is 24.1. The van der Waals surface area contributed by atoms with Gasteiger partial charge < -0.3 is 14.9 Å². The fourth-order valence-corrected chi connectivity index (χ4v) is 3.65. The van der Waals surface area contributed by atoms with Gasteiger partial charge in [-0.05, 0) is 42.5 Å². The second-order valence-electron chi connectivity index (χ2n) is 7.07. The number of nitrogens with one attached hydrogen (secondary N) is 2. The number of aryl methyl sites for hydroxylation is 1. The van der Waals surface area contributed by atoms with Gasteiger partial charge in [0.25, 0.3) is 11.5 Å². The minimum atomic E-state index is -4.64. The summed E-state index contributed by atoms with van der Waals surface area (Å²) in [6, 6.07) is 8.48. The average molecular weight is 497 g/mol. The number of benzene rings is 2. The number of amides is 1. The zero-order valence-electron chi connectivity index (χ0n) is 16.6. The second kappa shape index (κ2) is 8.13. The van der Waals surface area contributed by atoms with Crippen molar-refractivity contribution in [1.82, 2.24) is 14.1 Å². The van der Waals surface area contributed by atoms with Crippen molar-refractivity contribution >= 4 is 45.8 Å². The van der Waals surface area contributed by atoms with Crippen molar-refractivity contribution in [2.24, 2.45) is 7.05 Å². The van der Waals surface area contributed by atoms with Gasteiger partial charge in [0.1, 0.15) is 5.52 Å². The predicted octanol–water partition coefficient (Wildman–Crippen LogP) is 4.60. The number of nitrogens with zero attached hydrogens (tertiary/aromatic N) is 2. The molecule has 2 N–H and O–H groups in total. The Morgan fingerprint density at radius 3 is 2.36 bits per heavy atom. The van der Waals surface area contributed by atoms with Crippen LogP contribution in [0.1, 0.15) is 15.9 Å². The molecular formula is C21H13Cl2F3N4O3. The number of carbonyl (C=O) groups excluding carboxylic acids is 1. The molecule has 2 aromatic heterocycles. The number of anilines is 1. The molecule has 0 saturated carbocycles. The van der Waals surface area contributed by atoms with E-state index in [1.807, 2.05) is 0 Å². The Balaban J connectivity index is 1.80. The Labute approximate surface area is 193 Å². The summed E-state index contributed by atoms with van der Waals surface area (Å²) in [5.41, 5.74) is -2.72. The van der Waals surface area contributed by atoms with E-state index in [9.17, 15) is 27.6 Å². The molecule has 0 bridgehead atoms. The molecule has 4 rings (SSSR count). The van der Waals surface area contributed by atoms with Crippen molar-refractivity contribution in [2.75, 3.05) is 5.32 Å². The first-order valence-electron chi connectivity index (χ1n) is 9.26. The Kier molecular flexibility index (Phi) is 5.59. The van der Waals surface area contributed by atoms with Gasteiger partial charge in [-0.1, -0.05) is 23.2 Å². The standard InChI is InChI=1S/C21H13Cl2F3N4O3/c1-29-9-13(18(31)27-15-8-10(21(24,25)26)2-7-14(15)23)16-17(29)19(32)30(20(33)28-16)12-5-3-11(22)4-6-12/h2-9H,1H3,(H,27,31)(H,28,33). The van der Waals surface area contributed by atoms with Crippen LogP contribution < -0.4 is 16.6 Å². The van der Waals surface area contributed by atoms with E-state index in [4.69, 9.17) is 23.2 Å². The second-order valence-corrected chi connectivity index (χ2v) is 7.91. The highest BCUT2D eigenvalue weighted by atomic mass is 35.5. The quantitative estimate of drug-likeness (QED) is 0.434. The van der Waals surface area contributed by atoms with Crippen LogP contribution in [0.2, 0.25) is 10.0 Å². The van der Waals surface area contributed by atoms with Crippen molar-refractivity contribution < 1.29 is 18.0 Å². The maximum absolute atomic E-state index is 13.1. The number of carbonyl (C=O) groups is 1. The van der Waals surface area contributed by atoms with Crippen LogP contribution >= 0.6 is 23.2 Å². The summed E-state index contributed by atoms with van der Waals surface area (Å²) >= 11 is 11.8. The number of aromatic nitrogens is 3. The van der Waals surface area contributed by atoms with Gasteiger partial charge in [-0.15, -0.1) is 0 Å². The lowest BCUT2D eigenvalue weighted by molar-refractivity contribution is -0.137. The first-order valence-corrected chi connectivity index (χ1v) is 10.0. The monoisotopic (exact) mass is 496 g/mol. The molecule has 0 fully saturated rings. The predicted molar refractivity (Wildman–Crippen MR) is 119 cm³/mol. The summed E-state index contributed by atoms with van der Waals surface area (Å²) in [6.07, 6.45) is -3.35. The molecule has 2 heterocycles. The fourth-order valence-electron chi connectivity index (χ4n) is 3.36. The summed E-state index contributed by atoms with van der Waals surface area (Å²) in [6.45, 7) is 0. The van der Waals surface area contributed by atoms with E-state index < -0.39 is 28.9 Å². The Morgan fingerprint density at radius 1 is 1.06 bits per heavy atom. The molecular weight excluding hydrogens is 484 g/mol. The fraction of sp³-hybridized carbons (Fsp3) is 0.0952. The maximum atomic E-state index is 13.1. The molecule has 0 aliphatic heterocycles. The molecule has 4 aromatic rings. The first kappa shape index (κ1) is 22.7. The van der Waals surface area contributed by atoms with Crippen molar-refractivity contribution in [2.45, 2.75) is 6.18 Å². The van der Waals surface area contributed by atoms with Gasteiger partial charge in [0.2, 0.25) is 0 Å². The molecule has 0 spiro atoms. The van der Waals surface area contributed by atoms with E-state index in [0.717, 1.165) is 16.7 Å². The van der Waals surface area contributed by atoms with E-state index in [1.54, 1.807) is 0 Å². The first-order chi connectivity index (χ1) is 15.5. The minimum Gasteiger partial charge on any atom is -0.344 e. The maximum Gasteiger partial charge on any atom is 0.416 e. The molecule has 0 aliphatic rings. The third-order valence-corrected chi connectivity index (χ3v) is 5.48. The molecule has 7 nitrogen and oxygen atoms in total. The van der Waals surface area contributed by atoms with E-state index in [2.05, 4.69) is 10.3 Å². The lowest BCUT2D eigenvalue weighted by Crippen LogP contribution is -2.34. The van der Waals surface area contributed by atoms with E-state index in [1.165, 1.54) is 42.1 Å². The molecule has 170 valence electrons. The van der Waals surface area contributed by atoms with Crippen LogP contribution in [-0.2, 0) is 13.2 Å². The summed E-state index contributed by atoms with van der Waals surface area (Å²) in [5.74, 6) is -0.860. The normalized spacial score (nSPS) is 11.7. The van der Waals surface area contributed by atoms with Crippen LogP contribution in [0.3, 0.4) is 0 Å². The Bertz CT molecular complexity index is 1520. The van der Waals surface area contributed by atoms with Crippen LogP contribution in [0.25, 0.3) is 16.7 Å². The van der Waals surface area contributed by atoms with Crippen LogP contribution in [0.4, 0.5) is 18.9 Å². The topological polar surface area (TPSA) is 88.9 Å². The number of hydrogen-bond donors (Lipinski definition) is 2. The zero-order valence-corrected chi connectivity index (χ0v) is 18.1. The molecule has 0 unspecified atom stereocenters. The largest absolute Gasteiger partial charge is 0.416 e. The van der Waals surface area contributed by atoms with Gasteiger partial charge in [-0.2, -0.15) is 13.2 Å². The number of aromatic amines is 1. The lowest BCUT2D eigenvalue weighted by Gasteiger charge is -2.11. The van der Waals surface area contributed by atoms with Gasteiger partial charge in [-0.25, -0.2) is 9.36 Å². The smallest absolute Gasteiger partial charge is 0.344 e. The van der Waals surface area contributed by atoms with Crippen LogP contribution in [0, 0.1) is 0 Å². The van der Waals surface area contributed by atoms with E-state index >= 15 is 0 Å². The SMILES string of the molecule is Cn1cc(C(=O)Nc2cc(C(F)(F)F)ccc2Cl)c2[nH]c(=O)n(-c3ccc(Cl)cc3)c(=O)c21. The van der Waals surface area contributed by atoms with Gasteiger partial charge in [-0.3, -0.25) is 9.59 Å². The summed E-state index contributed by atoms with van der Waals surface area (Å²) in [4.78, 5) is 41.1. The highest BCUT2D eigenvalue weighted by molar-refractivity contribution is 6.34.